The first kappa shape index (κ1) is 32.0. The lowest BCUT2D eigenvalue weighted by Gasteiger charge is -2.45. The Labute approximate surface area is 235 Å². The van der Waals surface area contributed by atoms with Crippen molar-refractivity contribution in [1.82, 2.24) is 9.80 Å². The monoisotopic (exact) mass is 619 g/mol. The minimum atomic E-state index is -5.83. The van der Waals surface area contributed by atoms with E-state index in [1.54, 1.807) is 4.90 Å². The predicted molar refractivity (Wildman–Crippen MR) is 130 cm³/mol. The highest BCUT2D eigenvalue weighted by atomic mass is 19.4. The quantitative estimate of drug-likeness (QED) is 0.404. The van der Waals surface area contributed by atoms with Crippen LogP contribution < -0.4 is 4.90 Å². The van der Waals surface area contributed by atoms with Gasteiger partial charge in [-0.1, -0.05) is 6.07 Å². The van der Waals surface area contributed by atoms with Gasteiger partial charge in [0.1, 0.15) is 0 Å². The van der Waals surface area contributed by atoms with Crippen molar-refractivity contribution in [3.63, 3.8) is 0 Å². The van der Waals surface area contributed by atoms with E-state index < -0.39 is 53.7 Å². The van der Waals surface area contributed by atoms with E-state index in [9.17, 15) is 54.2 Å². The fourth-order valence-corrected chi connectivity index (χ4v) is 6.18. The van der Waals surface area contributed by atoms with Crippen LogP contribution in [0.25, 0.3) is 0 Å². The summed E-state index contributed by atoms with van der Waals surface area (Å²) in [6.45, 7) is 0.817. The maximum atomic E-state index is 13.6. The summed E-state index contributed by atoms with van der Waals surface area (Å²) < 4.78 is 122. The van der Waals surface area contributed by atoms with Gasteiger partial charge < -0.3 is 19.6 Å². The van der Waals surface area contributed by atoms with Crippen LogP contribution >= 0.6 is 0 Å². The lowest BCUT2D eigenvalue weighted by atomic mass is 9.84. The largest absolute Gasteiger partial charge is 0.481 e. The van der Waals surface area contributed by atoms with E-state index >= 15 is 0 Å². The van der Waals surface area contributed by atoms with Crippen LogP contribution in [0.3, 0.4) is 0 Å². The molecule has 3 fully saturated rings. The van der Waals surface area contributed by atoms with Gasteiger partial charge >= 0.3 is 30.6 Å². The Kier molecular flexibility index (Phi) is 8.87. The number of carbonyl (C=O) groups excluding carboxylic acids is 1. The molecular formula is C26H30F9N3O4. The number of alkyl halides is 9. The van der Waals surface area contributed by atoms with E-state index in [0.717, 1.165) is 17.0 Å². The molecule has 1 atom stereocenters. The molecule has 236 valence electrons. The number of anilines is 1. The molecule has 0 radical (unpaired) electrons. The number of hydrogen-bond donors (Lipinski definition) is 1. The Morgan fingerprint density at radius 1 is 0.929 bits per heavy atom. The van der Waals surface area contributed by atoms with Crippen molar-refractivity contribution in [2.24, 2.45) is 5.92 Å². The molecule has 0 saturated carbocycles. The second kappa shape index (κ2) is 11.6. The molecule has 0 aliphatic carbocycles. The molecule has 1 aromatic carbocycles. The van der Waals surface area contributed by atoms with Gasteiger partial charge in [-0.3, -0.25) is 9.69 Å². The molecule has 4 rings (SSSR count). The smallest absolute Gasteiger partial charge is 0.434 e. The van der Waals surface area contributed by atoms with Crippen molar-refractivity contribution in [3.8, 4) is 0 Å². The number of amides is 1. The number of halogens is 9. The number of carbonyl (C=O) groups is 2. The van der Waals surface area contributed by atoms with Gasteiger partial charge in [-0.25, -0.2) is 4.79 Å². The third-order valence-electron chi connectivity index (χ3n) is 8.39. The number of hydrogen-bond acceptors (Lipinski definition) is 5. The van der Waals surface area contributed by atoms with E-state index in [0.29, 0.717) is 44.3 Å². The van der Waals surface area contributed by atoms with E-state index in [-0.39, 0.29) is 44.7 Å². The van der Waals surface area contributed by atoms with Crippen LogP contribution in [0.1, 0.15) is 49.7 Å². The standard InChI is InChI=1S/C26H30F9N3O4/c27-24(28,29)18-5-4-16(19(13-18)37-9-1-3-17(14-37)20(39)40)15-38-10-2-6-23(38)7-11-36(12-8-23)22(41)42-21(25(30,31)32)26(33,34)35/h4-5,13,17,21H,1-3,6-12,14-15H2,(H,39,40)/t17-/m1/s1. The van der Waals surface area contributed by atoms with Gasteiger partial charge in [-0.15, -0.1) is 0 Å². The van der Waals surface area contributed by atoms with Crippen molar-refractivity contribution >= 4 is 17.7 Å². The van der Waals surface area contributed by atoms with Crippen molar-refractivity contribution in [2.45, 2.75) is 75.2 Å². The molecule has 1 N–H and O–H groups in total. The van der Waals surface area contributed by atoms with Gasteiger partial charge in [0.05, 0.1) is 11.5 Å². The summed E-state index contributed by atoms with van der Waals surface area (Å²) in [5, 5.41) is 9.48. The van der Waals surface area contributed by atoms with Gasteiger partial charge in [0.15, 0.2) is 0 Å². The predicted octanol–water partition coefficient (Wildman–Crippen LogP) is 6.07. The van der Waals surface area contributed by atoms with Crippen molar-refractivity contribution in [1.29, 1.82) is 0 Å². The topological polar surface area (TPSA) is 73.3 Å². The van der Waals surface area contributed by atoms with Crippen LogP contribution in [-0.2, 0) is 22.3 Å². The molecule has 3 aliphatic rings. The molecule has 0 bridgehead atoms. The summed E-state index contributed by atoms with van der Waals surface area (Å²) in [4.78, 5) is 28.3. The van der Waals surface area contributed by atoms with Crippen molar-refractivity contribution in [2.75, 3.05) is 37.6 Å². The number of carboxylic acid groups (broad SMARTS) is 1. The average Bonchev–Trinajstić information content (AvgIpc) is 3.26. The Bertz CT molecular complexity index is 1130. The van der Waals surface area contributed by atoms with Crippen LogP contribution in [0.4, 0.5) is 50.0 Å². The molecular weight excluding hydrogens is 589 g/mol. The SMILES string of the molecule is O=C(O)[C@@H]1CCCN(c2cc(C(F)(F)F)ccc2CN2CCCC23CCN(C(=O)OC(C(F)(F)F)C(F)(F)F)CC3)C1. The molecule has 0 aromatic heterocycles. The zero-order valence-corrected chi connectivity index (χ0v) is 22.3. The summed E-state index contributed by atoms with van der Waals surface area (Å²) in [5.41, 5.74) is -0.646. The zero-order chi connectivity index (χ0) is 31.1. The molecule has 1 aromatic rings. The highest BCUT2D eigenvalue weighted by molar-refractivity contribution is 5.72. The zero-order valence-electron chi connectivity index (χ0n) is 22.3. The molecule has 1 amide bonds. The third kappa shape index (κ3) is 7.00. The van der Waals surface area contributed by atoms with Gasteiger partial charge in [0.2, 0.25) is 0 Å². The number of benzene rings is 1. The Morgan fingerprint density at radius 3 is 2.14 bits per heavy atom. The summed E-state index contributed by atoms with van der Waals surface area (Å²) >= 11 is 0. The first-order valence-corrected chi connectivity index (χ1v) is 13.4. The minimum absolute atomic E-state index is 0.0443. The number of rotatable bonds is 5. The maximum Gasteiger partial charge on any atom is 0.434 e. The number of nitrogens with zero attached hydrogens (tertiary/aromatic N) is 3. The van der Waals surface area contributed by atoms with Crippen LogP contribution in [0.5, 0.6) is 0 Å². The number of likely N-dealkylation sites (tertiary alicyclic amines) is 2. The Hall–Kier alpha value is -2.91. The number of piperidine rings is 2. The molecule has 7 nitrogen and oxygen atoms in total. The van der Waals surface area contributed by atoms with E-state index in [2.05, 4.69) is 4.74 Å². The first-order chi connectivity index (χ1) is 19.4. The third-order valence-corrected chi connectivity index (χ3v) is 8.39. The molecule has 0 unspecified atom stereocenters. The highest BCUT2D eigenvalue weighted by Crippen LogP contribution is 2.42. The molecule has 3 heterocycles. The van der Waals surface area contributed by atoms with Gasteiger partial charge in [-0.2, -0.15) is 39.5 Å². The summed E-state index contributed by atoms with van der Waals surface area (Å²) in [5.74, 6) is -1.77. The van der Waals surface area contributed by atoms with Crippen LogP contribution in [0.2, 0.25) is 0 Å². The fraction of sp³-hybridized carbons (Fsp3) is 0.692. The lowest BCUT2D eigenvalue weighted by molar-refractivity contribution is -0.308. The summed E-state index contributed by atoms with van der Waals surface area (Å²) in [6, 6.07) is 3.32. The summed E-state index contributed by atoms with van der Waals surface area (Å²) in [7, 11) is 0. The van der Waals surface area contributed by atoms with Crippen molar-refractivity contribution < 1.29 is 58.9 Å². The Balaban J connectivity index is 1.50. The lowest BCUT2D eigenvalue weighted by Crippen LogP contribution is -2.54. The molecule has 1 spiro atoms. The van der Waals surface area contributed by atoms with Gasteiger partial charge in [0.25, 0.3) is 6.10 Å². The normalized spacial score (nSPS) is 22.2. The highest BCUT2D eigenvalue weighted by Gasteiger charge is 2.60. The first-order valence-electron chi connectivity index (χ1n) is 13.4. The Morgan fingerprint density at radius 2 is 1.57 bits per heavy atom. The molecule has 16 heteroatoms. The van der Waals surface area contributed by atoms with Gasteiger partial charge in [-0.05, 0) is 62.8 Å². The van der Waals surface area contributed by atoms with E-state index in [1.807, 2.05) is 4.90 Å². The second-order valence-electron chi connectivity index (χ2n) is 11.0. The molecule has 3 saturated heterocycles. The number of aliphatic carboxylic acids is 1. The molecule has 42 heavy (non-hydrogen) atoms. The molecule has 3 aliphatic heterocycles. The van der Waals surface area contributed by atoms with Crippen LogP contribution in [-0.4, -0.2) is 83.7 Å². The average molecular weight is 620 g/mol. The van der Waals surface area contributed by atoms with Crippen molar-refractivity contribution in [3.05, 3.63) is 29.3 Å². The van der Waals surface area contributed by atoms with Crippen LogP contribution in [0.15, 0.2) is 18.2 Å². The van der Waals surface area contributed by atoms with E-state index in [1.165, 1.54) is 6.07 Å². The van der Waals surface area contributed by atoms with Crippen LogP contribution in [0, 0.1) is 5.92 Å². The van der Waals surface area contributed by atoms with Gasteiger partial charge in [0, 0.05) is 44.0 Å². The summed E-state index contributed by atoms with van der Waals surface area (Å²) in [6.07, 6.45) is -19.6. The fourth-order valence-electron chi connectivity index (χ4n) is 6.18. The number of carboxylic acids is 1. The van der Waals surface area contributed by atoms with E-state index in [4.69, 9.17) is 0 Å². The number of ether oxygens (including phenoxy) is 1. The minimum Gasteiger partial charge on any atom is -0.481 e. The maximum absolute atomic E-state index is 13.6. The second-order valence-corrected chi connectivity index (χ2v) is 11.0.